The molecule has 4 heteroatoms. The third-order valence-corrected chi connectivity index (χ3v) is 4.11. The van der Waals surface area contributed by atoms with Crippen LogP contribution in [0, 0.1) is 6.92 Å². The predicted molar refractivity (Wildman–Crippen MR) is 75.4 cm³/mol. The molecule has 1 aromatic carbocycles. The number of para-hydroxylation sites is 1. The van der Waals surface area contributed by atoms with Crippen molar-refractivity contribution in [1.29, 1.82) is 0 Å². The SMILES string of the molecule is Cc1cc(=O)sc2c1c1ccccc1n2CCO. The Bertz CT molecular complexity index is 785. The van der Waals surface area contributed by atoms with Gasteiger partial charge in [-0.1, -0.05) is 29.5 Å². The van der Waals surface area contributed by atoms with Crippen LogP contribution in [0.5, 0.6) is 0 Å². The molecule has 0 aliphatic rings. The van der Waals surface area contributed by atoms with Gasteiger partial charge in [-0.05, 0) is 24.6 Å². The second kappa shape index (κ2) is 4.23. The van der Waals surface area contributed by atoms with E-state index in [2.05, 4.69) is 6.07 Å². The fraction of sp³-hybridized carbons (Fsp3) is 0.214. The van der Waals surface area contributed by atoms with Gasteiger partial charge >= 0.3 is 0 Å². The largest absolute Gasteiger partial charge is 0.395 e. The zero-order valence-corrected chi connectivity index (χ0v) is 10.8. The first-order valence-electron chi connectivity index (χ1n) is 5.85. The Labute approximate surface area is 108 Å². The Morgan fingerprint density at radius 2 is 2.11 bits per heavy atom. The predicted octanol–water partition coefficient (Wildman–Crippen LogP) is 2.52. The van der Waals surface area contributed by atoms with Crippen LogP contribution in [0.25, 0.3) is 21.1 Å². The first-order valence-corrected chi connectivity index (χ1v) is 6.66. The van der Waals surface area contributed by atoms with Gasteiger partial charge in [0.1, 0.15) is 4.83 Å². The maximum atomic E-state index is 11.7. The highest BCUT2D eigenvalue weighted by Crippen LogP contribution is 2.31. The van der Waals surface area contributed by atoms with Gasteiger partial charge in [-0.2, -0.15) is 0 Å². The first-order chi connectivity index (χ1) is 8.72. The molecular formula is C14H13NO2S. The molecule has 3 aromatic rings. The van der Waals surface area contributed by atoms with Crippen molar-refractivity contribution in [2.24, 2.45) is 0 Å². The van der Waals surface area contributed by atoms with E-state index in [1.165, 1.54) is 11.3 Å². The van der Waals surface area contributed by atoms with Crippen LogP contribution in [0.1, 0.15) is 5.56 Å². The van der Waals surface area contributed by atoms with Gasteiger partial charge in [0.05, 0.1) is 6.61 Å². The number of aryl methyl sites for hydroxylation is 1. The summed E-state index contributed by atoms with van der Waals surface area (Å²) in [6, 6.07) is 9.76. The summed E-state index contributed by atoms with van der Waals surface area (Å²) < 4.78 is 2.09. The Morgan fingerprint density at radius 1 is 1.33 bits per heavy atom. The molecule has 0 saturated heterocycles. The van der Waals surface area contributed by atoms with Gasteiger partial charge in [-0.3, -0.25) is 4.79 Å². The zero-order chi connectivity index (χ0) is 12.7. The standard InChI is InChI=1S/C14H13NO2S/c1-9-8-12(17)18-14-13(9)10-4-2-3-5-11(10)15(14)6-7-16/h2-5,8,16H,6-7H2,1H3. The molecular weight excluding hydrogens is 246 g/mol. The third-order valence-electron chi connectivity index (χ3n) is 3.17. The molecule has 92 valence electrons. The smallest absolute Gasteiger partial charge is 0.234 e. The van der Waals surface area contributed by atoms with Gasteiger partial charge < -0.3 is 9.67 Å². The molecule has 1 N–H and O–H groups in total. The van der Waals surface area contributed by atoms with Crippen LogP contribution in [0.4, 0.5) is 0 Å². The minimum atomic E-state index is 0.0574. The molecule has 2 aromatic heterocycles. The maximum Gasteiger partial charge on any atom is 0.234 e. The molecule has 2 heterocycles. The zero-order valence-electron chi connectivity index (χ0n) is 10.0. The minimum absolute atomic E-state index is 0.0574. The lowest BCUT2D eigenvalue weighted by Gasteiger charge is -2.03. The fourth-order valence-corrected chi connectivity index (χ4v) is 3.56. The Kier molecular flexibility index (Phi) is 2.69. The Balaban J connectivity index is 2.58. The monoisotopic (exact) mass is 259 g/mol. The molecule has 0 radical (unpaired) electrons. The molecule has 0 unspecified atom stereocenters. The molecule has 0 spiro atoms. The minimum Gasteiger partial charge on any atom is -0.395 e. The lowest BCUT2D eigenvalue weighted by Crippen LogP contribution is -2.02. The van der Waals surface area contributed by atoms with Crippen molar-refractivity contribution < 1.29 is 5.11 Å². The molecule has 0 amide bonds. The normalized spacial score (nSPS) is 11.4. The van der Waals surface area contributed by atoms with E-state index < -0.39 is 0 Å². The number of fused-ring (bicyclic) bond motifs is 3. The van der Waals surface area contributed by atoms with Crippen LogP contribution in [0.15, 0.2) is 35.1 Å². The van der Waals surface area contributed by atoms with Crippen LogP contribution in [0.2, 0.25) is 0 Å². The molecule has 3 nitrogen and oxygen atoms in total. The number of hydrogen-bond acceptors (Lipinski definition) is 3. The van der Waals surface area contributed by atoms with E-state index in [1.54, 1.807) is 6.07 Å². The summed E-state index contributed by atoms with van der Waals surface area (Å²) in [6.45, 7) is 2.55. The van der Waals surface area contributed by atoms with Crippen molar-refractivity contribution >= 4 is 32.5 Å². The van der Waals surface area contributed by atoms with E-state index in [4.69, 9.17) is 0 Å². The van der Waals surface area contributed by atoms with Gasteiger partial charge in [0, 0.05) is 22.8 Å². The van der Waals surface area contributed by atoms with E-state index in [-0.39, 0.29) is 11.3 Å². The van der Waals surface area contributed by atoms with Gasteiger partial charge in [0.25, 0.3) is 0 Å². The summed E-state index contributed by atoms with van der Waals surface area (Å²) >= 11 is 1.24. The number of aliphatic hydroxyl groups is 1. The van der Waals surface area contributed by atoms with E-state index in [0.29, 0.717) is 6.54 Å². The highest BCUT2D eigenvalue weighted by Gasteiger charge is 2.13. The number of hydrogen-bond donors (Lipinski definition) is 1. The third kappa shape index (κ3) is 1.57. The van der Waals surface area contributed by atoms with Crippen molar-refractivity contribution in [2.45, 2.75) is 13.5 Å². The summed E-state index contributed by atoms with van der Waals surface area (Å²) in [6.07, 6.45) is 0. The van der Waals surface area contributed by atoms with E-state index in [9.17, 15) is 9.90 Å². The first kappa shape index (κ1) is 11.4. The van der Waals surface area contributed by atoms with E-state index in [0.717, 1.165) is 26.7 Å². The van der Waals surface area contributed by atoms with Crippen LogP contribution >= 0.6 is 11.3 Å². The van der Waals surface area contributed by atoms with Gasteiger partial charge in [-0.25, -0.2) is 0 Å². The Morgan fingerprint density at radius 3 is 2.89 bits per heavy atom. The summed E-state index contributed by atoms with van der Waals surface area (Å²) in [7, 11) is 0. The van der Waals surface area contributed by atoms with Crippen LogP contribution < -0.4 is 4.74 Å². The number of rotatable bonds is 2. The number of aromatic nitrogens is 1. The quantitative estimate of drug-likeness (QED) is 0.768. The van der Waals surface area contributed by atoms with Crippen LogP contribution in [-0.4, -0.2) is 16.3 Å². The molecule has 3 rings (SSSR count). The van der Waals surface area contributed by atoms with Gasteiger partial charge in [0.2, 0.25) is 4.74 Å². The lowest BCUT2D eigenvalue weighted by molar-refractivity contribution is 0.280. The number of nitrogens with zero attached hydrogens (tertiary/aromatic N) is 1. The second-order valence-corrected chi connectivity index (χ2v) is 5.31. The van der Waals surface area contributed by atoms with Crippen LogP contribution in [0.3, 0.4) is 0 Å². The highest BCUT2D eigenvalue weighted by atomic mass is 32.1. The van der Waals surface area contributed by atoms with Crippen molar-refractivity contribution in [2.75, 3.05) is 6.61 Å². The molecule has 0 saturated carbocycles. The Hall–Kier alpha value is -1.65. The van der Waals surface area contributed by atoms with Gasteiger partial charge in [0.15, 0.2) is 0 Å². The molecule has 18 heavy (non-hydrogen) atoms. The van der Waals surface area contributed by atoms with Crippen molar-refractivity contribution in [3.8, 4) is 0 Å². The molecule has 0 atom stereocenters. The van der Waals surface area contributed by atoms with Crippen molar-refractivity contribution in [3.05, 3.63) is 45.4 Å². The molecule has 0 fully saturated rings. The summed E-state index contributed by atoms with van der Waals surface area (Å²) in [4.78, 5) is 12.6. The highest BCUT2D eigenvalue weighted by molar-refractivity contribution is 7.16. The topological polar surface area (TPSA) is 42.2 Å². The van der Waals surface area contributed by atoms with Crippen LogP contribution in [-0.2, 0) is 6.54 Å². The van der Waals surface area contributed by atoms with E-state index in [1.807, 2.05) is 29.7 Å². The average molecular weight is 259 g/mol. The van der Waals surface area contributed by atoms with E-state index >= 15 is 0 Å². The van der Waals surface area contributed by atoms with Gasteiger partial charge in [-0.15, -0.1) is 0 Å². The van der Waals surface area contributed by atoms with Crippen molar-refractivity contribution in [3.63, 3.8) is 0 Å². The molecule has 0 bridgehead atoms. The number of benzene rings is 1. The second-order valence-electron chi connectivity index (χ2n) is 4.32. The average Bonchev–Trinajstić information content (AvgIpc) is 2.65. The molecule has 0 aliphatic carbocycles. The lowest BCUT2D eigenvalue weighted by atomic mass is 10.1. The van der Waals surface area contributed by atoms with Crippen molar-refractivity contribution in [1.82, 2.24) is 4.57 Å². The molecule has 0 aliphatic heterocycles. The summed E-state index contributed by atoms with van der Waals surface area (Å²) in [5.74, 6) is 0. The fourth-order valence-electron chi connectivity index (χ4n) is 2.46. The number of aliphatic hydroxyl groups excluding tert-OH is 1. The summed E-state index contributed by atoms with van der Waals surface area (Å²) in [5.41, 5.74) is 2.08. The maximum absolute atomic E-state index is 11.7. The summed E-state index contributed by atoms with van der Waals surface area (Å²) in [5, 5.41) is 11.5.